The zero-order chi connectivity index (χ0) is 20.6. The van der Waals surface area contributed by atoms with Crippen LogP contribution in [0.25, 0.3) is 5.52 Å². The van der Waals surface area contributed by atoms with E-state index in [-0.39, 0.29) is 18.3 Å². The van der Waals surface area contributed by atoms with Crippen molar-refractivity contribution < 1.29 is 18.0 Å². The molecule has 0 radical (unpaired) electrons. The summed E-state index contributed by atoms with van der Waals surface area (Å²) in [5.74, 6) is 0.405. The molecule has 0 bridgehead atoms. The molecular formula is C21H21F3N4O. The van der Waals surface area contributed by atoms with Crippen LogP contribution in [0.2, 0.25) is 0 Å². The van der Waals surface area contributed by atoms with E-state index in [9.17, 15) is 18.0 Å². The Morgan fingerprint density at radius 1 is 1.24 bits per heavy atom. The van der Waals surface area contributed by atoms with Crippen LogP contribution >= 0.6 is 0 Å². The number of fused-ring (bicyclic) bond motifs is 1. The first-order chi connectivity index (χ1) is 13.8. The Kier molecular flexibility index (Phi) is 5.04. The summed E-state index contributed by atoms with van der Waals surface area (Å²) in [6.45, 7) is 0.969. The first kappa shape index (κ1) is 19.4. The highest BCUT2D eigenvalue weighted by Crippen LogP contribution is 2.31. The average molecular weight is 402 g/mol. The van der Waals surface area contributed by atoms with Gasteiger partial charge in [0.2, 0.25) is 0 Å². The first-order valence-electron chi connectivity index (χ1n) is 9.46. The Morgan fingerprint density at radius 2 is 2.07 bits per heavy atom. The minimum absolute atomic E-state index is 0.00668. The molecule has 0 unspecified atom stereocenters. The fraction of sp³-hybridized carbons (Fsp3) is 0.333. The third-order valence-electron chi connectivity index (χ3n) is 5.32. The lowest BCUT2D eigenvalue weighted by molar-refractivity contribution is -0.137. The van der Waals surface area contributed by atoms with Crippen LogP contribution in [0.4, 0.5) is 13.2 Å². The van der Waals surface area contributed by atoms with Crippen LogP contribution in [0.5, 0.6) is 0 Å². The van der Waals surface area contributed by atoms with Gasteiger partial charge in [0.05, 0.1) is 17.1 Å². The number of aromatic nitrogens is 2. The second kappa shape index (κ2) is 7.51. The van der Waals surface area contributed by atoms with E-state index in [0.717, 1.165) is 37.3 Å². The number of halogens is 3. The molecule has 1 aromatic carbocycles. The number of carbonyl (C=O) groups excluding carboxylic acids is 1. The SMILES string of the molecule is CN1CCC[C@H]1c1nc(C(=O)NCc2cccc(C(F)(F)F)c2)c2ccccn12. The molecule has 3 aromatic rings. The van der Waals surface area contributed by atoms with Crippen LogP contribution in [0, 0.1) is 0 Å². The Labute approximate surface area is 166 Å². The molecule has 1 aliphatic rings. The standard InChI is InChI=1S/C21H21F3N4O/c1-27-10-5-9-17(27)19-26-18(16-8-2-3-11-28(16)19)20(29)25-13-14-6-4-7-15(12-14)21(22,23)24/h2-4,6-8,11-12,17H,5,9-10,13H2,1H3,(H,25,29)/t17-/m0/s1. The number of rotatable bonds is 4. The molecule has 1 fully saturated rings. The molecule has 0 aliphatic carbocycles. The summed E-state index contributed by atoms with van der Waals surface area (Å²) in [6.07, 6.45) is -0.495. The number of nitrogens with zero attached hydrogens (tertiary/aromatic N) is 3. The fourth-order valence-electron chi connectivity index (χ4n) is 3.82. The quantitative estimate of drug-likeness (QED) is 0.716. The van der Waals surface area contributed by atoms with Crippen LogP contribution in [0.1, 0.15) is 46.3 Å². The van der Waals surface area contributed by atoms with Gasteiger partial charge in [-0.15, -0.1) is 0 Å². The lowest BCUT2D eigenvalue weighted by atomic mass is 10.1. The number of alkyl halides is 3. The first-order valence-corrected chi connectivity index (χ1v) is 9.46. The van der Waals surface area contributed by atoms with Crippen LogP contribution in [0.15, 0.2) is 48.7 Å². The van der Waals surface area contributed by atoms with Gasteiger partial charge in [0.25, 0.3) is 5.91 Å². The van der Waals surface area contributed by atoms with Gasteiger partial charge in [-0.25, -0.2) is 4.98 Å². The summed E-state index contributed by atoms with van der Waals surface area (Å²) in [6, 6.07) is 10.6. The van der Waals surface area contributed by atoms with Gasteiger partial charge < -0.3 is 9.72 Å². The maximum atomic E-state index is 12.9. The van der Waals surface area contributed by atoms with E-state index in [1.807, 2.05) is 35.8 Å². The Hall–Kier alpha value is -2.87. The van der Waals surface area contributed by atoms with Crippen molar-refractivity contribution >= 4 is 11.4 Å². The lowest BCUT2D eigenvalue weighted by Crippen LogP contribution is -2.24. The van der Waals surface area contributed by atoms with Crippen LogP contribution in [0.3, 0.4) is 0 Å². The second-order valence-electron chi connectivity index (χ2n) is 7.29. The Bertz CT molecular complexity index is 1040. The maximum Gasteiger partial charge on any atom is 0.416 e. The fourth-order valence-corrected chi connectivity index (χ4v) is 3.82. The van der Waals surface area contributed by atoms with Crippen molar-refractivity contribution in [3.63, 3.8) is 0 Å². The van der Waals surface area contributed by atoms with Gasteiger partial charge in [0.1, 0.15) is 5.82 Å². The molecule has 3 heterocycles. The molecular weight excluding hydrogens is 381 g/mol. The van der Waals surface area contributed by atoms with Crippen LogP contribution < -0.4 is 5.32 Å². The van der Waals surface area contributed by atoms with E-state index >= 15 is 0 Å². The number of nitrogens with one attached hydrogen (secondary N) is 1. The van der Waals surface area contributed by atoms with Crippen molar-refractivity contribution in [2.45, 2.75) is 31.6 Å². The lowest BCUT2D eigenvalue weighted by Gasteiger charge is -2.17. The van der Waals surface area contributed by atoms with E-state index in [4.69, 9.17) is 0 Å². The zero-order valence-electron chi connectivity index (χ0n) is 15.9. The maximum absolute atomic E-state index is 12.9. The van der Waals surface area contributed by atoms with Crippen LogP contribution in [-0.2, 0) is 12.7 Å². The number of imidazole rings is 1. The molecule has 5 nitrogen and oxygen atoms in total. The van der Waals surface area contributed by atoms with Crippen LogP contribution in [-0.4, -0.2) is 33.8 Å². The third-order valence-corrected chi connectivity index (χ3v) is 5.32. The predicted molar refractivity (Wildman–Crippen MR) is 102 cm³/mol. The average Bonchev–Trinajstić information content (AvgIpc) is 3.29. The molecule has 29 heavy (non-hydrogen) atoms. The molecule has 1 atom stereocenters. The highest BCUT2D eigenvalue weighted by atomic mass is 19.4. The number of hydrogen-bond donors (Lipinski definition) is 1. The van der Waals surface area contributed by atoms with E-state index < -0.39 is 17.6 Å². The number of benzene rings is 1. The van der Waals surface area contributed by atoms with Crippen molar-refractivity contribution in [1.29, 1.82) is 0 Å². The minimum atomic E-state index is -4.41. The molecule has 152 valence electrons. The predicted octanol–water partition coefficient (Wildman–Crippen LogP) is 4.05. The molecule has 1 amide bonds. The largest absolute Gasteiger partial charge is 0.416 e. The van der Waals surface area contributed by atoms with Gasteiger partial charge in [-0.3, -0.25) is 9.69 Å². The Balaban J connectivity index is 1.58. The minimum Gasteiger partial charge on any atom is -0.347 e. The van der Waals surface area contributed by atoms with E-state index in [0.29, 0.717) is 11.1 Å². The summed E-state index contributed by atoms with van der Waals surface area (Å²) in [7, 11) is 2.04. The van der Waals surface area contributed by atoms with Gasteiger partial charge in [-0.1, -0.05) is 18.2 Å². The van der Waals surface area contributed by atoms with Gasteiger partial charge in [-0.05, 0) is 56.3 Å². The number of amides is 1. The van der Waals surface area contributed by atoms with E-state index in [2.05, 4.69) is 15.2 Å². The van der Waals surface area contributed by atoms with Gasteiger partial charge in [0, 0.05) is 12.7 Å². The molecule has 8 heteroatoms. The number of hydrogen-bond acceptors (Lipinski definition) is 3. The molecule has 0 spiro atoms. The molecule has 2 aromatic heterocycles. The topological polar surface area (TPSA) is 49.6 Å². The van der Waals surface area contributed by atoms with E-state index in [1.54, 1.807) is 6.07 Å². The molecule has 4 rings (SSSR count). The van der Waals surface area contributed by atoms with Gasteiger partial charge in [0.15, 0.2) is 5.69 Å². The summed E-state index contributed by atoms with van der Waals surface area (Å²) in [5, 5.41) is 2.71. The molecule has 1 saturated heterocycles. The van der Waals surface area contributed by atoms with Crippen molar-refractivity contribution in [2.24, 2.45) is 0 Å². The highest BCUT2D eigenvalue weighted by molar-refractivity contribution is 5.99. The van der Waals surface area contributed by atoms with Crippen molar-refractivity contribution in [2.75, 3.05) is 13.6 Å². The summed E-state index contributed by atoms with van der Waals surface area (Å²) in [5.41, 5.74) is 0.618. The second-order valence-corrected chi connectivity index (χ2v) is 7.29. The monoisotopic (exact) mass is 402 g/mol. The summed E-state index contributed by atoms with van der Waals surface area (Å²) >= 11 is 0. The van der Waals surface area contributed by atoms with Gasteiger partial charge >= 0.3 is 6.18 Å². The summed E-state index contributed by atoms with van der Waals surface area (Å²) in [4.78, 5) is 19.6. The smallest absolute Gasteiger partial charge is 0.347 e. The van der Waals surface area contributed by atoms with Crippen molar-refractivity contribution in [3.05, 3.63) is 71.3 Å². The molecule has 1 N–H and O–H groups in total. The zero-order valence-corrected chi connectivity index (χ0v) is 15.9. The number of carbonyl (C=O) groups is 1. The van der Waals surface area contributed by atoms with Crippen molar-refractivity contribution in [3.8, 4) is 0 Å². The number of pyridine rings is 1. The summed E-state index contributed by atoms with van der Waals surface area (Å²) < 4.78 is 40.6. The molecule has 0 saturated carbocycles. The highest BCUT2D eigenvalue weighted by Gasteiger charge is 2.31. The Morgan fingerprint density at radius 3 is 2.79 bits per heavy atom. The normalized spacial score (nSPS) is 17.7. The van der Waals surface area contributed by atoms with Crippen molar-refractivity contribution in [1.82, 2.24) is 19.6 Å². The number of likely N-dealkylation sites (tertiary alicyclic amines) is 1. The molecule has 1 aliphatic heterocycles. The third kappa shape index (κ3) is 3.85. The van der Waals surface area contributed by atoms with E-state index in [1.165, 1.54) is 6.07 Å². The van der Waals surface area contributed by atoms with Gasteiger partial charge in [-0.2, -0.15) is 13.2 Å².